The highest BCUT2D eigenvalue weighted by Gasteiger charge is 2.27. The smallest absolute Gasteiger partial charge is 0.304 e. The van der Waals surface area contributed by atoms with Crippen molar-refractivity contribution in [3.05, 3.63) is 0 Å². The highest BCUT2D eigenvalue weighted by molar-refractivity contribution is 7.86. The van der Waals surface area contributed by atoms with Crippen molar-refractivity contribution < 1.29 is 14.1 Å². The van der Waals surface area contributed by atoms with Crippen molar-refractivity contribution in [1.29, 1.82) is 0 Å². The van der Waals surface area contributed by atoms with Crippen molar-refractivity contribution in [3.63, 3.8) is 0 Å². The van der Waals surface area contributed by atoms with Gasteiger partial charge < -0.3 is 5.11 Å². The second-order valence-electron chi connectivity index (χ2n) is 4.62. The predicted octanol–water partition coefficient (Wildman–Crippen LogP) is 2.18. The molecule has 15 heavy (non-hydrogen) atoms. The van der Waals surface area contributed by atoms with Crippen molar-refractivity contribution in [2.45, 2.75) is 56.5 Å². The fraction of sp³-hybridized carbons (Fsp3) is 0.909. The average molecular weight is 232 g/mol. The Morgan fingerprint density at radius 3 is 2.40 bits per heavy atom. The Bertz CT molecular complexity index is 244. The molecule has 0 saturated heterocycles. The molecule has 3 nitrogen and oxygen atoms in total. The zero-order valence-electron chi connectivity index (χ0n) is 9.44. The Balaban J connectivity index is 2.42. The van der Waals surface area contributed by atoms with E-state index in [1.807, 2.05) is 0 Å². The third kappa shape index (κ3) is 3.93. The van der Waals surface area contributed by atoms with Crippen LogP contribution in [0.3, 0.4) is 0 Å². The number of aliphatic carboxylic acids is 1. The van der Waals surface area contributed by atoms with Crippen LogP contribution >= 0.6 is 0 Å². The molecule has 2 unspecified atom stereocenters. The summed E-state index contributed by atoms with van der Waals surface area (Å²) in [6, 6.07) is 0. The van der Waals surface area contributed by atoms with Gasteiger partial charge in [-0.05, 0) is 31.6 Å². The summed E-state index contributed by atoms with van der Waals surface area (Å²) >= 11 is 0. The lowest BCUT2D eigenvalue weighted by Gasteiger charge is -2.27. The van der Waals surface area contributed by atoms with E-state index < -0.39 is 16.8 Å². The lowest BCUT2D eigenvalue weighted by Crippen LogP contribution is -2.29. The highest BCUT2D eigenvalue weighted by Crippen LogP contribution is 2.28. The van der Waals surface area contributed by atoms with E-state index in [0.29, 0.717) is 0 Å². The molecule has 1 fully saturated rings. The fourth-order valence-electron chi connectivity index (χ4n) is 2.12. The summed E-state index contributed by atoms with van der Waals surface area (Å²) in [6.07, 6.45) is 4.29. The standard InChI is InChI=1S/C11H20O3S/c1-8-3-5-10(6-4-8)15(14)9(2)7-11(12)13/h8-10H,3-7H2,1-2H3,(H,12,13). The average Bonchev–Trinajstić information content (AvgIpc) is 2.17. The van der Waals surface area contributed by atoms with E-state index in [-0.39, 0.29) is 16.9 Å². The minimum atomic E-state index is -0.968. The monoisotopic (exact) mass is 232 g/mol. The molecule has 0 spiro atoms. The minimum Gasteiger partial charge on any atom is -0.481 e. The summed E-state index contributed by atoms with van der Waals surface area (Å²) < 4.78 is 12.0. The van der Waals surface area contributed by atoms with Crippen LogP contribution in [0.2, 0.25) is 0 Å². The highest BCUT2D eigenvalue weighted by atomic mass is 32.2. The van der Waals surface area contributed by atoms with Gasteiger partial charge in [0.1, 0.15) is 0 Å². The van der Waals surface area contributed by atoms with Crippen LogP contribution in [0.25, 0.3) is 0 Å². The number of hydrogen-bond acceptors (Lipinski definition) is 2. The molecule has 1 aliphatic rings. The van der Waals surface area contributed by atoms with Crippen molar-refractivity contribution in [2.24, 2.45) is 5.92 Å². The summed E-state index contributed by atoms with van der Waals surface area (Å²) in [5, 5.41) is 8.66. The van der Waals surface area contributed by atoms with E-state index in [2.05, 4.69) is 6.92 Å². The van der Waals surface area contributed by atoms with Crippen molar-refractivity contribution in [2.75, 3.05) is 0 Å². The van der Waals surface area contributed by atoms with Gasteiger partial charge in [0.15, 0.2) is 0 Å². The molecule has 0 aromatic heterocycles. The van der Waals surface area contributed by atoms with Gasteiger partial charge in [-0.15, -0.1) is 0 Å². The molecule has 4 heteroatoms. The number of hydrogen-bond donors (Lipinski definition) is 1. The number of carbonyl (C=O) groups is 1. The summed E-state index contributed by atoms with van der Waals surface area (Å²) in [4.78, 5) is 10.5. The number of rotatable bonds is 4. The lowest BCUT2D eigenvalue weighted by molar-refractivity contribution is -0.136. The molecule has 88 valence electrons. The summed E-state index contributed by atoms with van der Waals surface area (Å²) in [5.41, 5.74) is 0. The fourth-order valence-corrected chi connectivity index (χ4v) is 3.82. The van der Waals surface area contributed by atoms with Gasteiger partial charge >= 0.3 is 5.97 Å². The molecule has 1 rings (SSSR count). The molecule has 1 aliphatic carbocycles. The van der Waals surface area contributed by atoms with Gasteiger partial charge in [-0.1, -0.05) is 13.8 Å². The first-order valence-corrected chi connectivity index (χ1v) is 6.89. The van der Waals surface area contributed by atoms with Crippen LogP contribution in [-0.2, 0) is 15.6 Å². The van der Waals surface area contributed by atoms with Gasteiger partial charge in [-0.2, -0.15) is 0 Å². The first kappa shape index (κ1) is 12.7. The van der Waals surface area contributed by atoms with E-state index in [4.69, 9.17) is 5.11 Å². The quantitative estimate of drug-likeness (QED) is 0.808. The van der Waals surface area contributed by atoms with Crippen LogP contribution in [0.5, 0.6) is 0 Å². The topological polar surface area (TPSA) is 54.4 Å². The molecule has 0 bridgehead atoms. The van der Waals surface area contributed by atoms with E-state index in [9.17, 15) is 9.00 Å². The molecule has 0 aromatic rings. The third-order valence-electron chi connectivity index (χ3n) is 3.15. The largest absolute Gasteiger partial charge is 0.481 e. The Labute approximate surface area is 93.7 Å². The van der Waals surface area contributed by atoms with Crippen molar-refractivity contribution in [1.82, 2.24) is 0 Å². The lowest BCUT2D eigenvalue weighted by atomic mass is 9.91. The van der Waals surface area contributed by atoms with Crippen molar-refractivity contribution in [3.8, 4) is 0 Å². The van der Waals surface area contributed by atoms with Crippen molar-refractivity contribution >= 4 is 16.8 Å². The second kappa shape index (κ2) is 5.64. The van der Waals surface area contributed by atoms with Crippen LogP contribution in [0, 0.1) is 5.92 Å². The zero-order valence-corrected chi connectivity index (χ0v) is 10.3. The first-order valence-electron chi connectivity index (χ1n) is 5.62. The molecule has 0 aliphatic heterocycles. The Kier molecular flexibility index (Phi) is 4.77. The van der Waals surface area contributed by atoms with Crippen LogP contribution in [0.4, 0.5) is 0 Å². The molecule has 0 heterocycles. The maximum absolute atomic E-state index is 12.0. The molecular weight excluding hydrogens is 212 g/mol. The van der Waals surface area contributed by atoms with Gasteiger partial charge in [0.2, 0.25) is 0 Å². The summed E-state index contributed by atoms with van der Waals surface area (Å²) in [6.45, 7) is 4.00. The summed E-state index contributed by atoms with van der Waals surface area (Å²) in [5.74, 6) is -0.104. The molecule has 0 aromatic carbocycles. The predicted molar refractivity (Wildman–Crippen MR) is 61.3 cm³/mol. The maximum Gasteiger partial charge on any atom is 0.304 e. The maximum atomic E-state index is 12.0. The Morgan fingerprint density at radius 2 is 1.93 bits per heavy atom. The van der Waals surface area contributed by atoms with E-state index in [1.165, 1.54) is 0 Å². The zero-order chi connectivity index (χ0) is 11.4. The van der Waals surface area contributed by atoms with Crippen LogP contribution in [-0.4, -0.2) is 25.8 Å². The van der Waals surface area contributed by atoms with Crippen LogP contribution < -0.4 is 0 Å². The normalized spacial score (nSPS) is 30.8. The van der Waals surface area contributed by atoms with Gasteiger partial charge in [0.05, 0.1) is 6.42 Å². The molecule has 1 N–H and O–H groups in total. The van der Waals surface area contributed by atoms with E-state index >= 15 is 0 Å². The van der Waals surface area contributed by atoms with Crippen LogP contribution in [0.15, 0.2) is 0 Å². The SMILES string of the molecule is CC1CCC(S(=O)C(C)CC(=O)O)CC1. The number of carboxylic acid groups (broad SMARTS) is 1. The van der Waals surface area contributed by atoms with Gasteiger partial charge in [-0.3, -0.25) is 9.00 Å². The molecule has 0 radical (unpaired) electrons. The molecule has 1 saturated carbocycles. The second-order valence-corrected chi connectivity index (χ2v) is 6.75. The molecular formula is C11H20O3S. The number of carboxylic acids is 1. The van der Waals surface area contributed by atoms with Gasteiger partial charge in [0, 0.05) is 21.3 Å². The Hall–Kier alpha value is -0.380. The minimum absolute atomic E-state index is 0.0265. The Morgan fingerprint density at radius 1 is 1.40 bits per heavy atom. The first-order chi connectivity index (χ1) is 7.00. The van der Waals surface area contributed by atoms with Gasteiger partial charge in [-0.25, -0.2) is 0 Å². The molecule has 0 amide bonds. The van der Waals surface area contributed by atoms with E-state index in [1.54, 1.807) is 6.92 Å². The van der Waals surface area contributed by atoms with Crippen LogP contribution in [0.1, 0.15) is 46.0 Å². The van der Waals surface area contributed by atoms with E-state index in [0.717, 1.165) is 31.6 Å². The van der Waals surface area contributed by atoms with Gasteiger partial charge in [0.25, 0.3) is 0 Å². The summed E-state index contributed by atoms with van der Waals surface area (Å²) in [7, 11) is -0.968. The third-order valence-corrected chi connectivity index (χ3v) is 5.24. The molecule has 2 atom stereocenters.